The lowest BCUT2D eigenvalue weighted by Crippen LogP contribution is -2.17. The number of rotatable bonds is 6. The average Bonchev–Trinajstić information content (AvgIpc) is 2.67. The topological polar surface area (TPSA) is 76.1 Å². The molecule has 0 radical (unpaired) electrons. The average molecular weight is 431 g/mol. The number of carbonyl (C=O) groups is 1. The van der Waals surface area contributed by atoms with Gasteiger partial charge in [0, 0.05) is 17.3 Å². The van der Waals surface area contributed by atoms with Gasteiger partial charge in [-0.15, -0.1) is 0 Å². The molecule has 0 saturated heterocycles. The van der Waals surface area contributed by atoms with Crippen LogP contribution in [-0.2, 0) is 22.7 Å². The second-order valence-corrected chi connectivity index (χ2v) is 9.32. The van der Waals surface area contributed by atoms with Gasteiger partial charge in [0.25, 0.3) is 5.91 Å². The van der Waals surface area contributed by atoms with Crippen LogP contribution in [0.25, 0.3) is 10.9 Å². The van der Waals surface area contributed by atoms with Gasteiger partial charge in [-0.1, -0.05) is 50.1 Å². The van der Waals surface area contributed by atoms with Gasteiger partial charge in [-0.3, -0.25) is 9.78 Å². The van der Waals surface area contributed by atoms with Gasteiger partial charge in [0.2, 0.25) is 0 Å². The minimum absolute atomic E-state index is 0.0965. The molecule has 152 valence electrons. The zero-order valence-corrected chi connectivity index (χ0v) is 18.2. The highest BCUT2D eigenvalue weighted by atomic mass is 35.5. The number of aromatic nitrogens is 1. The highest BCUT2D eigenvalue weighted by Crippen LogP contribution is 2.29. The molecule has 5 nitrogen and oxygen atoms in total. The number of pyridine rings is 1. The maximum atomic E-state index is 13.3. The monoisotopic (exact) mass is 430 g/mol. The molecule has 1 aromatic heterocycles. The van der Waals surface area contributed by atoms with Crippen molar-refractivity contribution in [3.63, 3.8) is 0 Å². The number of amides is 1. The number of nitrogens with one attached hydrogen (secondary N) is 1. The summed E-state index contributed by atoms with van der Waals surface area (Å²) in [6, 6.07) is 11.8. The molecule has 0 saturated carbocycles. The van der Waals surface area contributed by atoms with Crippen LogP contribution in [-0.4, -0.2) is 25.6 Å². The number of anilines is 1. The van der Waals surface area contributed by atoms with Crippen LogP contribution in [0, 0.1) is 0 Å². The highest BCUT2D eigenvalue weighted by Gasteiger charge is 2.21. The lowest BCUT2D eigenvalue weighted by molar-refractivity contribution is 0.102. The van der Waals surface area contributed by atoms with Crippen molar-refractivity contribution in [3.8, 4) is 0 Å². The fourth-order valence-corrected chi connectivity index (χ4v) is 4.21. The van der Waals surface area contributed by atoms with Crippen LogP contribution in [0.5, 0.6) is 0 Å². The van der Waals surface area contributed by atoms with Crippen LogP contribution in [0.4, 0.5) is 5.69 Å². The fraction of sp³-hybridized carbons (Fsp3) is 0.273. The minimum Gasteiger partial charge on any atom is -0.321 e. The van der Waals surface area contributed by atoms with Crippen LogP contribution in [0.15, 0.2) is 47.4 Å². The van der Waals surface area contributed by atoms with Gasteiger partial charge in [0.1, 0.15) is 0 Å². The van der Waals surface area contributed by atoms with Crippen molar-refractivity contribution in [2.75, 3.05) is 11.6 Å². The van der Waals surface area contributed by atoms with Crippen molar-refractivity contribution in [1.82, 2.24) is 4.98 Å². The Balaban J connectivity index is 2.15. The minimum atomic E-state index is -3.42. The third-order valence-corrected chi connectivity index (χ3v) is 6.20. The van der Waals surface area contributed by atoms with E-state index in [9.17, 15) is 13.2 Å². The molecule has 0 aliphatic carbocycles. The number of fused-ring (bicyclic) bond motifs is 1. The van der Waals surface area contributed by atoms with E-state index < -0.39 is 9.84 Å². The molecule has 0 aliphatic rings. The van der Waals surface area contributed by atoms with Crippen molar-refractivity contribution < 1.29 is 13.2 Å². The summed E-state index contributed by atoms with van der Waals surface area (Å²) >= 11 is 6.23. The zero-order chi connectivity index (χ0) is 21.2. The molecule has 1 heterocycles. The van der Waals surface area contributed by atoms with E-state index >= 15 is 0 Å². The number of benzene rings is 2. The number of sulfone groups is 1. The molecule has 3 rings (SSSR count). The summed E-state index contributed by atoms with van der Waals surface area (Å²) in [5, 5.41) is 3.85. The molecule has 2 aromatic carbocycles. The molecule has 0 atom stereocenters. The van der Waals surface area contributed by atoms with E-state index in [0.717, 1.165) is 41.3 Å². The number of hydrogen-bond acceptors (Lipinski definition) is 4. The number of halogens is 1. The third kappa shape index (κ3) is 4.43. The summed E-state index contributed by atoms with van der Waals surface area (Å²) in [7, 11) is -3.42. The number of nitrogens with zero attached hydrogens (tertiary/aromatic N) is 1. The van der Waals surface area contributed by atoms with Crippen molar-refractivity contribution >= 4 is 43.9 Å². The van der Waals surface area contributed by atoms with Gasteiger partial charge < -0.3 is 5.32 Å². The molecule has 29 heavy (non-hydrogen) atoms. The third-order valence-electron chi connectivity index (χ3n) is 4.76. The van der Waals surface area contributed by atoms with E-state index in [-0.39, 0.29) is 21.5 Å². The molecule has 0 unspecified atom stereocenters. The van der Waals surface area contributed by atoms with Gasteiger partial charge in [-0.25, -0.2) is 8.42 Å². The Morgan fingerprint density at radius 1 is 1.14 bits per heavy atom. The SMILES string of the molecule is CCCc1nc2ccccc2c(C(=O)Nc2cc(S(C)(=O)=O)ccc2Cl)c1CC. The Hall–Kier alpha value is -2.44. The van der Waals surface area contributed by atoms with Crippen molar-refractivity contribution in [1.29, 1.82) is 0 Å². The van der Waals surface area contributed by atoms with E-state index in [4.69, 9.17) is 16.6 Å². The first-order chi connectivity index (χ1) is 13.8. The Labute approximate surface area is 176 Å². The smallest absolute Gasteiger partial charge is 0.256 e. The molecule has 3 aromatic rings. The second-order valence-electron chi connectivity index (χ2n) is 6.90. The number of para-hydroxylation sites is 1. The summed E-state index contributed by atoms with van der Waals surface area (Å²) in [6.45, 7) is 4.07. The maximum absolute atomic E-state index is 13.3. The van der Waals surface area contributed by atoms with Crippen LogP contribution in [0.1, 0.15) is 41.9 Å². The van der Waals surface area contributed by atoms with Gasteiger partial charge in [0.15, 0.2) is 9.84 Å². The van der Waals surface area contributed by atoms with E-state index in [0.29, 0.717) is 12.0 Å². The standard InChI is InChI=1S/C22H23ClN2O3S/c1-4-8-18-15(5-2)21(16-9-6-7-10-19(16)24-18)22(26)25-20-13-14(29(3,27)28)11-12-17(20)23/h6-7,9-13H,4-5,8H2,1-3H3,(H,25,26). The summed E-state index contributed by atoms with van der Waals surface area (Å²) in [4.78, 5) is 18.2. The van der Waals surface area contributed by atoms with E-state index in [1.807, 2.05) is 31.2 Å². The molecular formula is C22H23ClN2O3S. The molecule has 7 heteroatoms. The molecule has 0 spiro atoms. The summed E-state index contributed by atoms with van der Waals surface area (Å²) in [5.41, 5.74) is 3.39. The van der Waals surface area contributed by atoms with Crippen LogP contribution < -0.4 is 5.32 Å². The highest BCUT2D eigenvalue weighted by molar-refractivity contribution is 7.90. The lowest BCUT2D eigenvalue weighted by Gasteiger charge is -2.16. The van der Waals surface area contributed by atoms with E-state index in [1.165, 1.54) is 18.2 Å². The fourth-order valence-electron chi connectivity index (χ4n) is 3.40. The molecule has 0 aliphatic heterocycles. The van der Waals surface area contributed by atoms with Crippen LogP contribution >= 0.6 is 11.6 Å². The first kappa shape index (κ1) is 21.3. The first-order valence-electron chi connectivity index (χ1n) is 9.47. The van der Waals surface area contributed by atoms with Gasteiger partial charge in [0.05, 0.1) is 26.7 Å². The second kappa shape index (κ2) is 8.51. The molecule has 1 amide bonds. The predicted octanol–water partition coefficient (Wildman–Crippen LogP) is 5.06. The molecule has 0 fully saturated rings. The van der Waals surface area contributed by atoms with E-state index in [2.05, 4.69) is 12.2 Å². The van der Waals surface area contributed by atoms with Gasteiger partial charge >= 0.3 is 0 Å². The molecular weight excluding hydrogens is 408 g/mol. The summed E-state index contributed by atoms with van der Waals surface area (Å²) in [6.07, 6.45) is 3.47. The van der Waals surface area contributed by atoms with Gasteiger partial charge in [-0.05, 0) is 42.7 Å². The Morgan fingerprint density at radius 2 is 1.86 bits per heavy atom. The quantitative estimate of drug-likeness (QED) is 0.593. The molecule has 1 N–H and O–H groups in total. The summed E-state index contributed by atoms with van der Waals surface area (Å²) < 4.78 is 23.8. The van der Waals surface area contributed by atoms with Crippen molar-refractivity contribution in [3.05, 3.63) is 64.3 Å². The largest absolute Gasteiger partial charge is 0.321 e. The molecule has 0 bridgehead atoms. The Bertz CT molecular complexity index is 1190. The van der Waals surface area contributed by atoms with Crippen LogP contribution in [0.2, 0.25) is 5.02 Å². The Morgan fingerprint density at radius 3 is 2.52 bits per heavy atom. The number of carbonyl (C=O) groups excluding carboxylic acids is 1. The van der Waals surface area contributed by atoms with Crippen molar-refractivity contribution in [2.45, 2.75) is 38.0 Å². The maximum Gasteiger partial charge on any atom is 0.256 e. The number of aryl methyl sites for hydroxylation is 1. The Kier molecular flexibility index (Phi) is 6.24. The van der Waals surface area contributed by atoms with Gasteiger partial charge in [-0.2, -0.15) is 0 Å². The van der Waals surface area contributed by atoms with E-state index in [1.54, 1.807) is 0 Å². The summed E-state index contributed by atoms with van der Waals surface area (Å²) in [5.74, 6) is -0.328. The van der Waals surface area contributed by atoms with Crippen LogP contribution in [0.3, 0.4) is 0 Å². The number of hydrogen-bond donors (Lipinski definition) is 1. The van der Waals surface area contributed by atoms with Crippen molar-refractivity contribution in [2.24, 2.45) is 0 Å². The lowest BCUT2D eigenvalue weighted by atomic mass is 9.96. The normalized spacial score (nSPS) is 11.6. The zero-order valence-electron chi connectivity index (χ0n) is 16.6. The predicted molar refractivity (Wildman–Crippen MR) is 118 cm³/mol. The first-order valence-corrected chi connectivity index (χ1v) is 11.7.